The molecule has 2 aromatic heterocycles. The van der Waals surface area contributed by atoms with Crippen LogP contribution in [0.5, 0.6) is 0 Å². The van der Waals surface area contributed by atoms with Gasteiger partial charge in [0.05, 0.1) is 5.56 Å². The Labute approximate surface area is 161 Å². The summed E-state index contributed by atoms with van der Waals surface area (Å²) < 4.78 is 43.9. The summed E-state index contributed by atoms with van der Waals surface area (Å²) in [5, 5.41) is 7.10. The maximum Gasteiger partial charge on any atom is 0.416 e. The Morgan fingerprint density at radius 3 is 2.44 bits per heavy atom. The number of aromatic nitrogens is 2. The van der Waals surface area contributed by atoms with Crippen LogP contribution in [-0.2, 0) is 6.18 Å². The fourth-order valence-electron chi connectivity index (χ4n) is 2.50. The van der Waals surface area contributed by atoms with E-state index in [4.69, 9.17) is 16.1 Å². The van der Waals surface area contributed by atoms with E-state index < -0.39 is 11.7 Å². The van der Waals surface area contributed by atoms with Gasteiger partial charge in [-0.15, -0.1) is 11.3 Å². The molecule has 0 fully saturated rings. The minimum atomic E-state index is -4.41. The number of nitrogens with zero attached hydrogens (tertiary/aromatic N) is 2. The van der Waals surface area contributed by atoms with Crippen LogP contribution in [0.25, 0.3) is 33.3 Å². The molecule has 2 heterocycles. The summed E-state index contributed by atoms with van der Waals surface area (Å²) in [5.74, 6) is 0.388. The molecule has 0 bridgehead atoms. The molecule has 0 aliphatic heterocycles. The fraction of sp³-hybridized carbons (Fsp3) is 0.0526. The minimum Gasteiger partial charge on any atom is -0.354 e. The molecule has 0 aliphatic rings. The Morgan fingerprint density at radius 1 is 0.926 bits per heavy atom. The van der Waals surface area contributed by atoms with E-state index in [1.165, 1.54) is 17.4 Å². The van der Waals surface area contributed by atoms with Gasteiger partial charge in [0, 0.05) is 27.6 Å². The van der Waals surface area contributed by atoms with Gasteiger partial charge in [-0.25, -0.2) is 4.98 Å². The molecule has 2 aromatic carbocycles. The fourth-order valence-corrected chi connectivity index (χ4v) is 3.44. The molecule has 8 heteroatoms. The van der Waals surface area contributed by atoms with Crippen LogP contribution in [0.4, 0.5) is 13.2 Å². The van der Waals surface area contributed by atoms with Crippen LogP contribution in [-0.4, -0.2) is 10.1 Å². The van der Waals surface area contributed by atoms with E-state index in [-0.39, 0.29) is 0 Å². The van der Waals surface area contributed by atoms with Crippen molar-refractivity contribution in [3.05, 3.63) is 70.6 Å². The lowest BCUT2D eigenvalue weighted by atomic mass is 10.1. The van der Waals surface area contributed by atoms with Crippen molar-refractivity contribution in [1.82, 2.24) is 10.1 Å². The first kappa shape index (κ1) is 17.8. The third-order valence-corrected chi connectivity index (χ3v) is 4.99. The van der Waals surface area contributed by atoms with Crippen molar-refractivity contribution in [2.45, 2.75) is 6.18 Å². The molecule has 0 atom stereocenters. The van der Waals surface area contributed by atoms with Crippen molar-refractivity contribution in [3.8, 4) is 33.3 Å². The van der Waals surface area contributed by atoms with Gasteiger partial charge < -0.3 is 4.52 Å². The zero-order chi connectivity index (χ0) is 19.0. The van der Waals surface area contributed by atoms with Crippen LogP contribution >= 0.6 is 22.9 Å². The molecule has 0 N–H and O–H groups in total. The van der Waals surface area contributed by atoms with E-state index in [1.54, 1.807) is 29.6 Å². The van der Waals surface area contributed by atoms with E-state index in [1.807, 2.05) is 12.1 Å². The standard InChI is InChI=1S/C19H10ClF3N2OS/c20-14-6-4-11(5-7-14)18-24-16(10-27-18)17-9-15(25-26-17)12-2-1-3-13(8-12)19(21,22)23/h1-10H. The highest BCUT2D eigenvalue weighted by Gasteiger charge is 2.30. The summed E-state index contributed by atoms with van der Waals surface area (Å²) in [5.41, 5.74) is 1.39. The predicted molar refractivity (Wildman–Crippen MR) is 98.5 cm³/mol. The van der Waals surface area contributed by atoms with Crippen LogP contribution in [0.3, 0.4) is 0 Å². The normalized spacial score (nSPS) is 11.7. The first-order valence-corrected chi connectivity index (χ1v) is 9.02. The molecule has 0 amide bonds. The number of hydrogen-bond donors (Lipinski definition) is 0. The summed E-state index contributed by atoms with van der Waals surface area (Å²) in [6.07, 6.45) is -4.41. The van der Waals surface area contributed by atoms with Crippen molar-refractivity contribution in [1.29, 1.82) is 0 Å². The topological polar surface area (TPSA) is 38.9 Å². The highest BCUT2D eigenvalue weighted by atomic mass is 35.5. The monoisotopic (exact) mass is 406 g/mol. The Hall–Kier alpha value is -2.64. The molecule has 3 nitrogen and oxygen atoms in total. The Morgan fingerprint density at radius 2 is 1.70 bits per heavy atom. The quantitative estimate of drug-likeness (QED) is 0.375. The highest BCUT2D eigenvalue weighted by Crippen LogP contribution is 2.34. The van der Waals surface area contributed by atoms with Crippen LogP contribution in [0.15, 0.2) is 64.5 Å². The number of hydrogen-bond acceptors (Lipinski definition) is 4. The number of thiazole rings is 1. The second-order valence-electron chi connectivity index (χ2n) is 5.70. The molecule has 0 aliphatic carbocycles. The molecule has 0 saturated carbocycles. The zero-order valence-electron chi connectivity index (χ0n) is 13.5. The van der Waals surface area contributed by atoms with E-state index in [0.29, 0.717) is 27.7 Å². The Bertz CT molecular complexity index is 1090. The number of rotatable bonds is 3. The molecule has 4 aromatic rings. The molecular formula is C19H10ClF3N2OS. The first-order valence-electron chi connectivity index (χ1n) is 7.76. The summed E-state index contributed by atoms with van der Waals surface area (Å²) >= 11 is 7.31. The SMILES string of the molecule is FC(F)(F)c1cccc(-c2cc(-c3csc(-c4ccc(Cl)cc4)n3)on2)c1. The van der Waals surface area contributed by atoms with Crippen molar-refractivity contribution in [2.24, 2.45) is 0 Å². The average Bonchev–Trinajstić information content (AvgIpc) is 3.31. The second-order valence-corrected chi connectivity index (χ2v) is 6.99. The van der Waals surface area contributed by atoms with Crippen molar-refractivity contribution >= 4 is 22.9 Å². The van der Waals surface area contributed by atoms with Gasteiger partial charge in [-0.3, -0.25) is 0 Å². The van der Waals surface area contributed by atoms with Crippen LogP contribution < -0.4 is 0 Å². The van der Waals surface area contributed by atoms with Crippen LogP contribution in [0.2, 0.25) is 5.02 Å². The van der Waals surface area contributed by atoms with Gasteiger partial charge in [0.2, 0.25) is 0 Å². The van der Waals surface area contributed by atoms with Crippen molar-refractivity contribution in [2.75, 3.05) is 0 Å². The van der Waals surface area contributed by atoms with Gasteiger partial charge in [0.1, 0.15) is 16.4 Å². The van der Waals surface area contributed by atoms with Crippen LogP contribution in [0.1, 0.15) is 5.56 Å². The maximum absolute atomic E-state index is 12.9. The first-order chi connectivity index (χ1) is 12.9. The van der Waals surface area contributed by atoms with E-state index in [2.05, 4.69) is 10.1 Å². The molecule has 136 valence electrons. The predicted octanol–water partition coefficient (Wildman–Crippen LogP) is 6.80. The van der Waals surface area contributed by atoms with Crippen LogP contribution in [0, 0.1) is 0 Å². The van der Waals surface area contributed by atoms with Gasteiger partial charge in [0.25, 0.3) is 0 Å². The third kappa shape index (κ3) is 3.74. The third-order valence-electron chi connectivity index (χ3n) is 3.84. The lowest BCUT2D eigenvalue weighted by molar-refractivity contribution is -0.137. The van der Waals surface area contributed by atoms with E-state index in [9.17, 15) is 13.2 Å². The second kappa shape index (κ2) is 6.83. The highest BCUT2D eigenvalue weighted by molar-refractivity contribution is 7.13. The molecule has 0 unspecified atom stereocenters. The summed E-state index contributed by atoms with van der Waals surface area (Å²) in [4.78, 5) is 4.51. The van der Waals surface area contributed by atoms with Crippen molar-refractivity contribution in [3.63, 3.8) is 0 Å². The lowest BCUT2D eigenvalue weighted by Gasteiger charge is -2.06. The summed E-state index contributed by atoms with van der Waals surface area (Å²) in [7, 11) is 0. The number of halogens is 4. The van der Waals surface area contributed by atoms with Gasteiger partial charge in [-0.05, 0) is 24.3 Å². The maximum atomic E-state index is 12.9. The zero-order valence-corrected chi connectivity index (χ0v) is 15.1. The smallest absolute Gasteiger partial charge is 0.354 e. The van der Waals surface area contributed by atoms with E-state index >= 15 is 0 Å². The number of benzene rings is 2. The molecule has 0 radical (unpaired) electrons. The summed E-state index contributed by atoms with van der Waals surface area (Å²) in [6.45, 7) is 0. The Balaban J connectivity index is 1.63. The minimum absolute atomic E-state index is 0.317. The van der Waals surface area contributed by atoms with E-state index in [0.717, 1.165) is 22.7 Å². The summed E-state index contributed by atoms with van der Waals surface area (Å²) in [6, 6.07) is 13.8. The molecule has 27 heavy (non-hydrogen) atoms. The van der Waals surface area contributed by atoms with Gasteiger partial charge in [0.15, 0.2) is 5.76 Å². The largest absolute Gasteiger partial charge is 0.416 e. The van der Waals surface area contributed by atoms with Crippen molar-refractivity contribution < 1.29 is 17.7 Å². The lowest BCUT2D eigenvalue weighted by Crippen LogP contribution is -2.04. The molecule has 0 spiro atoms. The molecular weight excluding hydrogens is 397 g/mol. The van der Waals surface area contributed by atoms with Gasteiger partial charge in [-0.2, -0.15) is 13.2 Å². The Kier molecular flexibility index (Phi) is 4.49. The van der Waals surface area contributed by atoms with Gasteiger partial charge >= 0.3 is 6.18 Å². The van der Waals surface area contributed by atoms with Gasteiger partial charge in [-0.1, -0.05) is 41.0 Å². The average molecular weight is 407 g/mol. The molecule has 0 saturated heterocycles. The number of alkyl halides is 3. The molecule has 4 rings (SSSR count).